The number of likely N-dealkylation sites (N-methyl/N-ethyl adjacent to an activating group) is 1. The molecule has 1 aromatic heterocycles. The topological polar surface area (TPSA) is 82.7 Å². The van der Waals surface area contributed by atoms with Crippen LogP contribution in [0.4, 0.5) is 0 Å². The number of hydrogen-bond donors (Lipinski definition) is 1. The number of aryl methyl sites for hydroxylation is 1. The minimum absolute atomic E-state index is 0.0315. The van der Waals surface area contributed by atoms with Crippen LogP contribution in [0.25, 0.3) is 0 Å². The van der Waals surface area contributed by atoms with Crippen molar-refractivity contribution in [3.05, 3.63) is 11.7 Å². The molecule has 7 heteroatoms. The molecular formula is C13H22N4O3. The highest BCUT2D eigenvalue weighted by Crippen LogP contribution is 2.10. The van der Waals surface area contributed by atoms with Crippen LogP contribution in [0, 0.1) is 6.92 Å². The maximum atomic E-state index is 12.3. The Morgan fingerprint density at radius 1 is 1.60 bits per heavy atom. The number of nitrogens with zero attached hydrogens (tertiary/aromatic N) is 4. The number of piperidine rings is 1. The van der Waals surface area contributed by atoms with Gasteiger partial charge in [-0.2, -0.15) is 4.98 Å². The molecule has 1 saturated heterocycles. The molecule has 0 spiro atoms. The van der Waals surface area contributed by atoms with Gasteiger partial charge in [0.05, 0.1) is 19.2 Å². The Hall–Kier alpha value is -1.47. The van der Waals surface area contributed by atoms with Gasteiger partial charge in [-0.3, -0.25) is 9.69 Å². The van der Waals surface area contributed by atoms with Crippen LogP contribution >= 0.6 is 0 Å². The summed E-state index contributed by atoms with van der Waals surface area (Å²) in [5.74, 6) is 1.06. The van der Waals surface area contributed by atoms with E-state index in [9.17, 15) is 9.90 Å². The van der Waals surface area contributed by atoms with Crippen LogP contribution in [0.15, 0.2) is 4.52 Å². The second-order valence-electron chi connectivity index (χ2n) is 5.17. The van der Waals surface area contributed by atoms with E-state index in [0.717, 1.165) is 19.4 Å². The number of carbonyl (C=O) groups is 1. The average molecular weight is 282 g/mol. The molecule has 0 aliphatic carbocycles. The molecule has 0 bridgehead atoms. The molecule has 7 nitrogen and oxygen atoms in total. The first-order valence-corrected chi connectivity index (χ1v) is 7.06. The number of aromatic nitrogens is 2. The molecule has 1 aliphatic rings. The molecule has 1 aromatic rings. The van der Waals surface area contributed by atoms with Gasteiger partial charge in [-0.1, -0.05) is 5.16 Å². The summed E-state index contributed by atoms with van der Waals surface area (Å²) in [5, 5.41) is 13.4. The third-order valence-corrected chi connectivity index (χ3v) is 3.48. The van der Waals surface area contributed by atoms with E-state index in [1.54, 1.807) is 11.8 Å². The van der Waals surface area contributed by atoms with Crippen molar-refractivity contribution >= 4 is 5.91 Å². The van der Waals surface area contributed by atoms with Gasteiger partial charge < -0.3 is 14.5 Å². The molecule has 20 heavy (non-hydrogen) atoms. The molecule has 1 fully saturated rings. The minimum Gasteiger partial charge on any atom is -0.392 e. The van der Waals surface area contributed by atoms with Gasteiger partial charge >= 0.3 is 0 Å². The lowest BCUT2D eigenvalue weighted by Gasteiger charge is -2.31. The molecule has 1 atom stereocenters. The molecule has 1 amide bonds. The molecule has 0 radical (unpaired) electrons. The lowest BCUT2D eigenvalue weighted by molar-refractivity contribution is -0.133. The largest absolute Gasteiger partial charge is 0.392 e. The maximum Gasteiger partial charge on any atom is 0.237 e. The molecule has 2 rings (SSSR count). The van der Waals surface area contributed by atoms with Crippen LogP contribution in [0.1, 0.15) is 31.5 Å². The van der Waals surface area contributed by atoms with Gasteiger partial charge in [0.2, 0.25) is 11.8 Å². The SMILES string of the molecule is CCN(Cc1noc(C)n1)C(=O)CN1CCC[C@@H](O)C1. The van der Waals surface area contributed by atoms with Crippen molar-refractivity contribution in [2.75, 3.05) is 26.2 Å². The number of β-amino-alcohol motifs (C(OH)–C–C–N with tert-alkyl or cyclic N) is 1. The first-order chi connectivity index (χ1) is 9.58. The number of carbonyl (C=O) groups excluding carboxylic acids is 1. The number of amides is 1. The van der Waals surface area contributed by atoms with Gasteiger partial charge in [0.25, 0.3) is 0 Å². The Kier molecular flexibility index (Phi) is 5.08. The van der Waals surface area contributed by atoms with Crippen LogP contribution in [-0.2, 0) is 11.3 Å². The lowest BCUT2D eigenvalue weighted by Crippen LogP contribution is -2.45. The Morgan fingerprint density at radius 2 is 2.40 bits per heavy atom. The van der Waals surface area contributed by atoms with Gasteiger partial charge in [-0.25, -0.2) is 0 Å². The van der Waals surface area contributed by atoms with Crippen molar-refractivity contribution in [1.82, 2.24) is 19.9 Å². The third-order valence-electron chi connectivity index (χ3n) is 3.48. The van der Waals surface area contributed by atoms with E-state index >= 15 is 0 Å². The predicted molar refractivity (Wildman–Crippen MR) is 71.8 cm³/mol. The molecule has 2 heterocycles. The van der Waals surface area contributed by atoms with E-state index in [1.165, 1.54) is 0 Å². The Balaban J connectivity index is 1.88. The van der Waals surface area contributed by atoms with Gasteiger partial charge in [0.15, 0.2) is 5.82 Å². The lowest BCUT2D eigenvalue weighted by atomic mass is 10.1. The molecule has 112 valence electrons. The van der Waals surface area contributed by atoms with E-state index in [4.69, 9.17) is 4.52 Å². The van der Waals surface area contributed by atoms with E-state index in [1.807, 2.05) is 11.8 Å². The molecule has 0 unspecified atom stereocenters. The molecular weight excluding hydrogens is 260 g/mol. The standard InChI is InChI=1S/C13H22N4O3/c1-3-17(8-12-14-10(2)20-15-12)13(19)9-16-6-4-5-11(18)7-16/h11,18H,3-9H2,1-2H3/t11-/m1/s1. The van der Waals surface area contributed by atoms with Gasteiger partial charge in [0.1, 0.15) is 0 Å². The van der Waals surface area contributed by atoms with Crippen LogP contribution in [-0.4, -0.2) is 63.2 Å². The summed E-state index contributed by atoms with van der Waals surface area (Å²) in [7, 11) is 0. The fraction of sp³-hybridized carbons (Fsp3) is 0.769. The van der Waals surface area contributed by atoms with Crippen molar-refractivity contribution in [3.63, 3.8) is 0 Å². The highest BCUT2D eigenvalue weighted by molar-refractivity contribution is 5.78. The number of likely N-dealkylation sites (tertiary alicyclic amines) is 1. The van der Waals surface area contributed by atoms with Crippen molar-refractivity contribution in [3.8, 4) is 0 Å². The second kappa shape index (κ2) is 6.81. The predicted octanol–water partition coefficient (Wildman–Crippen LogP) is 0.183. The number of rotatable bonds is 5. The molecule has 1 aliphatic heterocycles. The van der Waals surface area contributed by atoms with Crippen molar-refractivity contribution in [1.29, 1.82) is 0 Å². The highest BCUT2D eigenvalue weighted by Gasteiger charge is 2.22. The smallest absolute Gasteiger partial charge is 0.237 e. The molecule has 1 N–H and O–H groups in total. The quantitative estimate of drug-likeness (QED) is 0.829. The highest BCUT2D eigenvalue weighted by atomic mass is 16.5. The minimum atomic E-state index is -0.313. The van der Waals surface area contributed by atoms with Crippen LogP contribution in [0.3, 0.4) is 0 Å². The number of hydrogen-bond acceptors (Lipinski definition) is 6. The first-order valence-electron chi connectivity index (χ1n) is 7.06. The Bertz CT molecular complexity index is 449. The first kappa shape index (κ1) is 14.9. The normalized spacial score (nSPS) is 20.1. The summed E-state index contributed by atoms with van der Waals surface area (Å²) in [4.78, 5) is 20.1. The van der Waals surface area contributed by atoms with E-state index < -0.39 is 0 Å². The zero-order chi connectivity index (χ0) is 14.5. The van der Waals surface area contributed by atoms with Gasteiger partial charge in [-0.15, -0.1) is 0 Å². The van der Waals surface area contributed by atoms with E-state index in [2.05, 4.69) is 10.1 Å². The number of aliphatic hydroxyl groups excluding tert-OH is 1. The summed E-state index contributed by atoms with van der Waals surface area (Å²) >= 11 is 0. The van der Waals surface area contributed by atoms with Gasteiger partial charge in [0, 0.05) is 20.0 Å². The van der Waals surface area contributed by atoms with Crippen molar-refractivity contribution < 1.29 is 14.4 Å². The zero-order valence-electron chi connectivity index (χ0n) is 12.1. The maximum absolute atomic E-state index is 12.3. The summed E-state index contributed by atoms with van der Waals surface area (Å²) in [6, 6.07) is 0. The fourth-order valence-corrected chi connectivity index (χ4v) is 2.42. The zero-order valence-corrected chi connectivity index (χ0v) is 12.1. The van der Waals surface area contributed by atoms with Crippen molar-refractivity contribution in [2.24, 2.45) is 0 Å². The summed E-state index contributed by atoms with van der Waals surface area (Å²) in [6.07, 6.45) is 1.45. The third kappa shape index (κ3) is 4.01. The second-order valence-corrected chi connectivity index (χ2v) is 5.17. The van der Waals surface area contributed by atoms with E-state index in [0.29, 0.717) is 37.9 Å². The fourth-order valence-electron chi connectivity index (χ4n) is 2.42. The van der Waals surface area contributed by atoms with Crippen LogP contribution in [0.5, 0.6) is 0 Å². The van der Waals surface area contributed by atoms with E-state index in [-0.39, 0.29) is 12.0 Å². The number of aliphatic hydroxyl groups is 1. The average Bonchev–Trinajstić information content (AvgIpc) is 2.81. The molecule has 0 aromatic carbocycles. The van der Waals surface area contributed by atoms with Gasteiger partial charge in [-0.05, 0) is 26.3 Å². The monoisotopic (exact) mass is 282 g/mol. The molecule has 0 saturated carbocycles. The Labute approximate surface area is 118 Å². The van der Waals surface area contributed by atoms with Crippen LogP contribution in [0.2, 0.25) is 0 Å². The summed E-state index contributed by atoms with van der Waals surface area (Å²) in [6.45, 7) is 6.39. The summed E-state index contributed by atoms with van der Waals surface area (Å²) in [5.41, 5.74) is 0. The summed E-state index contributed by atoms with van der Waals surface area (Å²) < 4.78 is 4.91. The van der Waals surface area contributed by atoms with Crippen LogP contribution < -0.4 is 0 Å². The van der Waals surface area contributed by atoms with Crippen molar-refractivity contribution in [2.45, 2.75) is 39.3 Å². The Morgan fingerprint density at radius 3 is 3.00 bits per heavy atom.